The second-order valence-electron chi connectivity index (χ2n) is 6.46. The Hall–Kier alpha value is -0.850. The fourth-order valence-electron chi connectivity index (χ4n) is 2.41. The summed E-state index contributed by atoms with van der Waals surface area (Å²) in [5.74, 6) is -1.11. The Bertz CT molecular complexity index is 445. The molecule has 6 N–H and O–H groups in total. The highest BCUT2D eigenvalue weighted by atomic mass is 16.7. The molecule has 0 unspecified atom stereocenters. The molecular weight excluding hydrogens is 352 g/mol. The van der Waals surface area contributed by atoms with Crippen LogP contribution in [0.2, 0.25) is 0 Å². The molecule has 0 radical (unpaired) electrons. The molecule has 10 heteroatoms. The third-order valence-electron chi connectivity index (χ3n) is 4.55. The van der Waals surface area contributed by atoms with Crippen LogP contribution in [0, 0.1) is 0 Å². The lowest BCUT2D eigenvalue weighted by Crippen LogP contribution is -2.60. The lowest BCUT2D eigenvalue weighted by molar-refractivity contribution is -0.305. The van der Waals surface area contributed by atoms with Gasteiger partial charge in [-0.2, -0.15) is 0 Å². The van der Waals surface area contributed by atoms with Gasteiger partial charge in [-0.05, 0) is 19.8 Å². The second kappa shape index (κ2) is 9.90. The number of rotatable bonds is 9. The Morgan fingerprint density at radius 2 is 1.77 bits per heavy atom. The Morgan fingerprint density at radius 3 is 2.27 bits per heavy atom. The molecule has 0 aromatic carbocycles. The lowest BCUT2D eigenvalue weighted by Gasteiger charge is -2.40. The van der Waals surface area contributed by atoms with Crippen LogP contribution in [0.1, 0.15) is 33.6 Å². The van der Waals surface area contributed by atoms with E-state index in [1.54, 1.807) is 6.92 Å². The molecule has 0 aromatic heterocycles. The van der Waals surface area contributed by atoms with Gasteiger partial charge in [-0.3, -0.25) is 0 Å². The zero-order valence-electron chi connectivity index (χ0n) is 15.2. The summed E-state index contributed by atoms with van der Waals surface area (Å²) in [7, 11) is 0. The van der Waals surface area contributed by atoms with E-state index in [1.807, 2.05) is 0 Å². The van der Waals surface area contributed by atoms with Crippen molar-refractivity contribution in [2.24, 2.45) is 0 Å². The SMILES string of the molecule is CC[C@@H](O)CO[C@@H]1O[C@H](COC(=O)[C@](O)(CC)[C@@H](C)O)[C@@H](O)[C@H](O)[C@H]1O. The van der Waals surface area contributed by atoms with Crippen LogP contribution in [0.4, 0.5) is 0 Å². The van der Waals surface area contributed by atoms with Gasteiger partial charge in [0.1, 0.15) is 31.0 Å². The van der Waals surface area contributed by atoms with Crippen molar-refractivity contribution in [2.75, 3.05) is 13.2 Å². The number of aliphatic hydroxyl groups excluding tert-OH is 5. The minimum atomic E-state index is -2.11. The number of aliphatic hydroxyl groups is 6. The average Bonchev–Trinajstić information content (AvgIpc) is 2.63. The third kappa shape index (κ3) is 5.33. The molecule has 0 saturated carbocycles. The van der Waals surface area contributed by atoms with Crippen LogP contribution < -0.4 is 0 Å². The minimum Gasteiger partial charge on any atom is -0.461 e. The van der Waals surface area contributed by atoms with Crippen LogP contribution in [0.5, 0.6) is 0 Å². The summed E-state index contributed by atoms with van der Waals surface area (Å²) in [5, 5.41) is 59.0. The molecule has 1 fully saturated rings. The third-order valence-corrected chi connectivity index (χ3v) is 4.55. The summed E-state index contributed by atoms with van der Waals surface area (Å²) in [5.41, 5.74) is -2.11. The Balaban J connectivity index is 2.71. The minimum absolute atomic E-state index is 0.0977. The maximum atomic E-state index is 12.0. The maximum Gasteiger partial charge on any atom is 0.340 e. The second-order valence-corrected chi connectivity index (χ2v) is 6.46. The van der Waals surface area contributed by atoms with Crippen molar-refractivity contribution in [2.45, 2.75) is 82.1 Å². The summed E-state index contributed by atoms with van der Waals surface area (Å²) < 4.78 is 15.4. The molecule has 1 heterocycles. The van der Waals surface area contributed by atoms with Crippen LogP contribution >= 0.6 is 0 Å². The molecule has 26 heavy (non-hydrogen) atoms. The van der Waals surface area contributed by atoms with Gasteiger partial charge in [0.25, 0.3) is 0 Å². The lowest BCUT2D eigenvalue weighted by atomic mass is 9.95. The topological polar surface area (TPSA) is 166 Å². The van der Waals surface area contributed by atoms with Crippen LogP contribution in [0.25, 0.3) is 0 Å². The standard InChI is InChI=1S/C16H30O10/c1-4-9(18)6-24-14-13(21)12(20)11(19)10(26-14)7-25-15(22)16(23,5-2)8(3)17/h8-14,17-21,23H,4-7H2,1-3H3/t8-,9-,10-,11-,12+,13-,14-,16+/m1/s1. The van der Waals surface area contributed by atoms with Gasteiger partial charge < -0.3 is 44.8 Å². The fraction of sp³-hybridized carbons (Fsp3) is 0.938. The monoisotopic (exact) mass is 382 g/mol. The number of esters is 1. The predicted octanol–water partition coefficient (Wildman–Crippen LogP) is -2.35. The van der Waals surface area contributed by atoms with E-state index >= 15 is 0 Å². The summed E-state index contributed by atoms with van der Waals surface area (Å²) in [6.07, 6.45) is -9.22. The average molecular weight is 382 g/mol. The van der Waals surface area contributed by atoms with Crippen molar-refractivity contribution in [3.8, 4) is 0 Å². The van der Waals surface area contributed by atoms with Gasteiger partial charge in [0.15, 0.2) is 11.9 Å². The van der Waals surface area contributed by atoms with Crippen molar-refractivity contribution in [1.29, 1.82) is 0 Å². The molecule has 0 aliphatic carbocycles. The molecule has 0 spiro atoms. The van der Waals surface area contributed by atoms with Crippen LogP contribution in [0.15, 0.2) is 0 Å². The van der Waals surface area contributed by atoms with E-state index in [0.29, 0.717) is 6.42 Å². The number of hydrogen-bond acceptors (Lipinski definition) is 10. The molecule has 10 nitrogen and oxygen atoms in total. The van der Waals surface area contributed by atoms with Crippen molar-refractivity contribution >= 4 is 5.97 Å². The van der Waals surface area contributed by atoms with Gasteiger partial charge in [-0.15, -0.1) is 0 Å². The van der Waals surface area contributed by atoms with Crippen LogP contribution in [-0.2, 0) is 19.0 Å². The summed E-state index contributed by atoms with van der Waals surface area (Å²) in [6, 6.07) is 0. The molecule has 0 aromatic rings. The zero-order chi connectivity index (χ0) is 20.1. The molecule has 1 saturated heterocycles. The maximum absolute atomic E-state index is 12.0. The quantitative estimate of drug-likeness (QED) is 0.238. The van der Waals surface area contributed by atoms with Crippen molar-refractivity contribution in [3.05, 3.63) is 0 Å². The summed E-state index contributed by atoms with van der Waals surface area (Å²) >= 11 is 0. The zero-order valence-corrected chi connectivity index (χ0v) is 15.2. The van der Waals surface area contributed by atoms with Gasteiger partial charge in [0.2, 0.25) is 0 Å². The van der Waals surface area contributed by atoms with E-state index in [9.17, 15) is 35.4 Å². The first kappa shape index (κ1) is 23.2. The Labute approximate surface area is 151 Å². The first-order valence-electron chi connectivity index (χ1n) is 8.65. The van der Waals surface area contributed by atoms with E-state index in [1.165, 1.54) is 13.8 Å². The van der Waals surface area contributed by atoms with Crippen molar-refractivity contribution < 1.29 is 49.6 Å². The Morgan fingerprint density at radius 1 is 1.15 bits per heavy atom. The summed E-state index contributed by atoms with van der Waals surface area (Å²) in [4.78, 5) is 12.0. The number of ether oxygens (including phenoxy) is 3. The van der Waals surface area contributed by atoms with Gasteiger partial charge in [0, 0.05) is 0 Å². The molecular formula is C16H30O10. The summed E-state index contributed by atoms with van der Waals surface area (Å²) in [6.45, 7) is 3.74. The van der Waals surface area contributed by atoms with Crippen LogP contribution in [0.3, 0.4) is 0 Å². The molecule has 1 aliphatic rings. The Kier molecular flexibility index (Phi) is 8.83. The van der Waals surface area contributed by atoms with E-state index in [4.69, 9.17) is 14.2 Å². The molecule has 154 valence electrons. The van der Waals surface area contributed by atoms with Gasteiger partial charge in [0.05, 0.1) is 18.8 Å². The van der Waals surface area contributed by atoms with E-state index in [2.05, 4.69) is 0 Å². The molecule has 0 bridgehead atoms. The fourth-order valence-corrected chi connectivity index (χ4v) is 2.41. The van der Waals surface area contributed by atoms with Crippen molar-refractivity contribution in [1.82, 2.24) is 0 Å². The highest BCUT2D eigenvalue weighted by Gasteiger charge is 2.46. The smallest absolute Gasteiger partial charge is 0.340 e. The number of carbonyl (C=O) groups excluding carboxylic acids is 1. The van der Waals surface area contributed by atoms with Gasteiger partial charge >= 0.3 is 5.97 Å². The van der Waals surface area contributed by atoms with Gasteiger partial charge in [-0.1, -0.05) is 13.8 Å². The van der Waals surface area contributed by atoms with Crippen LogP contribution in [-0.4, -0.2) is 98.3 Å². The first-order valence-corrected chi connectivity index (χ1v) is 8.65. The largest absolute Gasteiger partial charge is 0.461 e. The van der Waals surface area contributed by atoms with Gasteiger partial charge in [-0.25, -0.2) is 4.79 Å². The van der Waals surface area contributed by atoms with E-state index < -0.39 is 61.1 Å². The number of hydrogen-bond donors (Lipinski definition) is 6. The first-order chi connectivity index (χ1) is 12.1. The van der Waals surface area contributed by atoms with E-state index in [-0.39, 0.29) is 13.0 Å². The normalized spacial score (nSPS) is 34.0. The number of carbonyl (C=O) groups is 1. The highest BCUT2D eigenvalue weighted by molar-refractivity contribution is 5.80. The molecule has 1 rings (SSSR count). The molecule has 8 atom stereocenters. The van der Waals surface area contributed by atoms with E-state index in [0.717, 1.165) is 0 Å². The molecule has 0 amide bonds. The highest BCUT2D eigenvalue weighted by Crippen LogP contribution is 2.24. The van der Waals surface area contributed by atoms with Crippen molar-refractivity contribution in [3.63, 3.8) is 0 Å². The molecule has 1 aliphatic heterocycles. The predicted molar refractivity (Wildman–Crippen MR) is 86.8 cm³/mol.